The number of carbonyl (C=O) groups excluding carboxylic acids is 2. The van der Waals surface area contributed by atoms with Crippen molar-refractivity contribution in [3.05, 3.63) is 84.2 Å². The number of hydrogen-bond acceptors (Lipinski definition) is 12. The fourth-order valence-corrected chi connectivity index (χ4v) is 6.86. The fourth-order valence-electron chi connectivity index (χ4n) is 6.86. The Morgan fingerprint density at radius 1 is 0.516 bits per heavy atom. The van der Waals surface area contributed by atoms with E-state index < -0.39 is 24.1 Å². The van der Waals surface area contributed by atoms with Crippen LogP contribution in [0.5, 0.6) is 0 Å². The van der Waals surface area contributed by atoms with Gasteiger partial charge in [0.25, 0.3) is 0 Å². The number of carbonyl (C=O) groups is 2. The highest BCUT2D eigenvalue weighted by Gasteiger charge is 2.12. The summed E-state index contributed by atoms with van der Waals surface area (Å²) in [7, 11) is 3.29. The van der Waals surface area contributed by atoms with E-state index in [1.807, 2.05) is 82.9 Å². The predicted molar refractivity (Wildman–Crippen MR) is 257 cm³/mol. The molecule has 0 heterocycles. The van der Waals surface area contributed by atoms with Crippen LogP contribution in [-0.4, -0.2) is 101 Å². The molecule has 2 aromatic carbocycles. The normalized spacial score (nSPS) is 12.5. The smallest absolute Gasteiger partial charge is 0.306 e. The van der Waals surface area contributed by atoms with E-state index >= 15 is 0 Å². The third-order valence-corrected chi connectivity index (χ3v) is 10.9. The van der Waals surface area contributed by atoms with Gasteiger partial charge < -0.3 is 48.4 Å². The first-order valence-corrected chi connectivity index (χ1v) is 24.2. The lowest BCUT2D eigenvalue weighted by atomic mass is 10.1. The van der Waals surface area contributed by atoms with Gasteiger partial charge in [0.1, 0.15) is 13.2 Å². The van der Waals surface area contributed by atoms with Gasteiger partial charge in [0.15, 0.2) is 0 Å². The highest BCUT2D eigenvalue weighted by molar-refractivity contribution is 5.77. The summed E-state index contributed by atoms with van der Waals surface area (Å²) in [6.07, 6.45) is 24.6. The summed E-state index contributed by atoms with van der Waals surface area (Å²) in [6.45, 7) is 8.82. The zero-order chi connectivity index (χ0) is 46.3. The summed E-state index contributed by atoms with van der Waals surface area (Å²) in [5.41, 5.74) is 3.47. The number of ether oxygens (including phenoxy) is 6. The van der Waals surface area contributed by atoms with Crippen molar-refractivity contribution >= 4 is 23.3 Å². The van der Waals surface area contributed by atoms with Crippen molar-refractivity contribution < 1.29 is 48.2 Å². The van der Waals surface area contributed by atoms with E-state index in [0.29, 0.717) is 52.7 Å². The largest absolute Gasteiger partial charge is 0.461 e. The molecule has 0 aromatic heterocycles. The number of esters is 2. The zero-order valence-corrected chi connectivity index (χ0v) is 39.9. The lowest BCUT2D eigenvalue weighted by molar-refractivity contribution is -0.151. The summed E-state index contributed by atoms with van der Waals surface area (Å²) < 4.78 is 32.5. The number of rotatable bonds is 41. The molecule has 0 saturated carbocycles. The summed E-state index contributed by atoms with van der Waals surface area (Å²) in [5.74, 6) is -0.963. The Balaban J connectivity index is 1.82. The second-order valence-corrected chi connectivity index (χ2v) is 16.4. The molecule has 0 amide bonds. The number of methoxy groups -OCH3 is 2. The molecule has 2 rings (SSSR count). The monoisotopic (exact) mass is 897 g/mol. The van der Waals surface area contributed by atoms with Gasteiger partial charge in [-0.1, -0.05) is 128 Å². The SMILES string of the molecule is CCCCCCCCCC(O)/C=C/N(CCOCCOC)c1ccc(COC(=O)CCC(=O)OCc2ccc(N(/C=C/C(O)CCCCCCCCC)CCOCCOC)cc2)cc1. The Morgan fingerprint density at radius 3 is 1.23 bits per heavy atom. The van der Waals surface area contributed by atoms with E-state index in [9.17, 15) is 19.8 Å². The average molecular weight is 897 g/mol. The maximum atomic E-state index is 12.6. The number of anilines is 2. The fraction of sp³-hybridized carbons (Fsp3) is 0.654. The van der Waals surface area contributed by atoms with Gasteiger partial charge in [-0.25, -0.2) is 0 Å². The van der Waals surface area contributed by atoms with Crippen LogP contribution in [-0.2, 0) is 51.2 Å². The molecule has 0 bridgehead atoms. The van der Waals surface area contributed by atoms with Gasteiger partial charge in [-0.15, -0.1) is 0 Å². The molecule has 12 heteroatoms. The minimum Gasteiger partial charge on any atom is -0.461 e. The molecule has 0 saturated heterocycles. The van der Waals surface area contributed by atoms with Gasteiger partial charge in [-0.05, 0) is 60.4 Å². The molecule has 12 nitrogen and oxygen atoms in total. The Morgan fingerprint density at radius 2 is 0.875 bits per heavy atom. The zero-order valence-electron chi connectivity index (χ0n) is 39.9. The molecule has 0 fully saturated rings. The minimum atomic E-state index is -0.520. The topological polar surface area (TPSA) is 136 Å². The van der Waals surface area contributed by atoms with Crippen LogP contribution < -0.4 is 9.80 Å². The first-order valence-electron chi connectivity index (χ1n) is 24.2. The van der Waals surface area contributed by atoms with Crippen molar-refractivity contribution in [2.75, 3.05) is 76.8 Å². The van der Waals surface area contributed by atoms with Crippen LogP contribution >= 0.6 is 0 Å². The van der Waals surface area contributed by atoms with Crippen LogP contribution in [0.25, 0.3) is 0 Å². The second kappa shape index (κ2) is 38.5. The third kappa shape index (κ3) is 28.9. The number of aliphatic hydroxyl groups excluding tert-OH is 2. The lowest BCUT2D eigenvalue weighted by Gasteiger charge is -2.22. The first kappa shape index (κ1) is 56.3. The van der Waals surface area contributed by atoms with Crippen molar-refractivity contribution in [2.24, 2.45) is 0 Å². The average Bonchev–Trinajstić information content (AvgIpc) is 3.31. The van der Waals surface area contributed by atoms with Crippen LogP contribution in [0.2, 0.25) is 0 Å². The molecule has 0 aliphatic carbocycles. The van der Waals surface area contributed by atoms with Gasteiger partial charge in [0.05, 0.1) is 64.7 Å². The molecule has 0 aliphatic heterocycles. The second-order valence-electron chi connectivity index (χ2n) is 16.4. The molecule has 64 heavy (non-hydrogen) atoms. The quantitative estimate of drug-likeness (QED) is 0.0486. The molecular formula is C52H84N2O10. The van der Waals surface area contributed by atoms with E-state index in [-0.39, 0.29) is 26.1 Å². The van der Waals surface area contributed by atoms with Gasteiger partial charge in [-0.2, -0.15) is 0 Å². The van der Waals surface area contributed by atoms with Crippen molar-refractivity contribution in [2.45, 2.75) is 155 Å². The number of nitrogens with zero attached hydrogens (tertiary/aromatic N) is 2. The third-order valence-electron chi connectivity index (χ3n) is 10.9. The van der Waals surface area contributed by atoms with E-state index in [0.717, 1.165) is 61.0 Å². The number of hydrogen-bond donors (Lipinski definition) is 2. The number of benzene rings is 2. The Bertz CT molecular complexity index is 1370. The molecule has 2 atom stereocenters. The highest BCUT2D eigenvalue weighted by Crippen LogP contribution is 2.20. The molecule has 362 valence electrons. The molecule has 2 unspecified atom stereocenters. The number of aliphatic hydroxyl groups is 2. The van der Waals surface area contributed by atoms with Crippen LogP contribution in [0.4, 0.5) is 11.4 Å². The lowest BCUT2D eigenvalue weighted by Crippen LogP contribution is -2.23. The molecule has 0 radical (unpaired) electrons. The molecule has 2 aromatic rings. The van der Waals surface area contributed by atoms with Crippen molar-refractivity contribution in [1.29, 1.82) is 0 Å². The maximum Gasteiger partial charge on any atom is 0.306 e. The first-order chi connectivity index (χ1) is 31.3. The van der Waals surface area contributed by atoms with Gasteiger partial charge in [0.2, 0.25) is 0 Å². The van der Waals surface area contributed by atoms with Crippen molar-refractivity contribution in [3.63, 3.8) is 0 Å². The van der Waals surface area contributed by atoms with Crippen molar-refractivity contribution in [1.82, 2.24) is 0 Å². The van der Waals surface area contributed by atoms with E-state index in [1.54, 1.807) is 14.2 Å². The van der Waals surface area contributed by atoms with Gasteiger partial charge >= 0.3 is 11.9 Å². The van der Waals surface area contributed by atoms with Crippen LogP contribution in [0, 0.1) is 0 Å². The van der Waals surface area contributed by atoms with Crippen LogP contribution in [0.1, 0.15) is 141 Å². The standard InChI is InChI=1S/C52H84N2O10/c1-5-7-9-11-13-15-17-19-49(55)31-33-53(35-37-61-41-39-59-3)47-25-21-45(22-26-47)43-63-51(57)29-30-52(58)64-44-46-23-27-48(28-24-46)54(36-38-62-42-40-60-4)34-32-50(56)20-18-16-14-12-10-8-6-2/h21-28,31-34,49-50,55-56H,5-20,29-30,35-44H2,1-4H3/b33-31+,34-32+. The summed E-state index contributed by atoms with van der Waals surface area (Å²) in [6, 6.07) is 15.4. The predicted octanol–water partition coefficient (Wildman–Crippen LogP) is 10.2. The van der Waals surface area contributed by atoms with Crippen molar-refractivity contribution in [3.8, 4) is 0 Å². The minimum absolute atomic E-state index is 0.0806. The number of unbranched alkanes of at least 4 members (excludes halogenated alkanes) is 12. The summed E-state index contributed by atoms with van der Waals surface area (Å²) in [4.78, 5) is 29.2. The van der Waals surface area contributed by atoms with Gasteiger partial charge in [0, 0.05) is 51.1 Å². The Hall–Kier alpha value is -3.78. The molecular weight excluding hydrogens is 813 g/mol. The molecule has 0 spiro atoms. The van der Waals surface area contributed by atoms with E-state index in [4.69, 9.17) is 28.4 Å². The van der Waals surface area contributed by atoms with E-state index in [1.165, 1.54) is 64.2 Å². The summed E-state index contributed by atoms with van der Waals surface area (Å²) >= 11 is 0. The Kier molecular flexibility index (Phi) is 33.9. The maximum absolute atomic E-state index is 12.6. The molecule has 0 aliphatic rings. The Labute approximate surface area is 386 Å². The summed E-state index contributed by atoms with van der Waals surface area (Å²) in [5, 5.41) is 21.3. The van der Waals surface area contributed by atoms with Crippen LogP contribution in [0.3, 0.4) is 0 Å². The molecule has 2 N–H and O–H groups in total. The van der Waals surface area contributed by atoms with Crippen LogP contribution in [0.15, 0.2) is 73.1 Å². The van der Waals surface area contributed by atoms with Gasteiger partial charge in [-0.3, -0.25) is 9.59 Å². The van der Waals surface area contributed by atoms with E-state index in [2.05, 4.69) is 13.8 Å². The highest BCUT2D eigenvalue weighted by atomic mass is 16.5.